The van der Waals surface area contributed by atoms with Gasteiger partial charge in [0.2, 0.25) is 0 Å². The Hall–Kier alpha value is 0.150. The van der Waals surface area contributed by atoms with Crippen LogP contribution in [-0.2, 0) is 0 Å². The van der Waals surface area contributed by atoms with Crippen LogP contribution in [0.15, 0.2) is 23.2 Å². The smallest absolute Gasteiger partial charge is 0.191 e. The third-order valence-electron chi connectivity index (χ3n) is 4.11. The van der Waals surface area contributed by atoms with Crippen molar-refractivity contribution in [3.8, 4) is 0 Å². The van der Waals surface area contributed by atoms with E-state index in [0.29, 0.717) is 22.8 Å². The molecule has 0 radical (unpaired) electrons. The van der Waals surface area contributed by atoms with E-state index in [1.54, 1.807) is 0 Å². The van der Waals surface area contributed by atoms with E-state index < -0.39 is 0 Å². The first kappa shape index (κ1) is 18.5. The van der Waals surface area contributed by atoms with Crippen LogP contribution in [0.1, 0.15) is 17.9 Å². The molecule has 1 aromatic carbocycles. The first-order chi connectivity index (χ1) is 10.1. The van der Waals surface area contributed by atoms with Gasteiger partial charge in [-0.05, 0) is 36.0 Å². The zero-order chi connectivity index (χ0) is 14.8. The van der Waals surface area contributed by atoms with Crippen molar-refractivity contribution in [1.29, 1.82) is 0 Å². The van der Waals surface area contributed by atoms with Gasteiger partial charge in [0.25, 0.3) is 0 Å². The van der Waals surface area contributed by atoms with Crippen LogP contribution >= 0.6 is 58.9 Å². The molecule has 0 bridgehead atoms. The molecule has 1 aromatic rings. The molecule has 122 valence electrons. The largest absolute Gasteiger partial charge is 0.370 e. The second-order valence-electron chi connectivity index (χ2n) is 5.57. The molecule has 2 unspecified atom stereocenters. The maximum atomic E-state index is 6.26. The third kappa shape index (κ3) is 4.58. The van der Waals surface area contributed by atoms with Gasteiger partial charge in [0.05, 0.1) is 0 Å². The Morgan fingerprint density at radius 1 is 1.32 bits per heavy atom. The Kier molecular flexibility index (Phi) is 6.98. The van der Waals surface area contributed by atoms with Gasteiger partial charge in [0.15, 0.2) is 5.96 Å². The summed E-state index contributed by atoms with van der Waals surface area (Å²) >= 11 is 14.2. The summed E-state index contributed by atoms with van der Waals surface area (Å²) in [4.78, 5) is 6.76. The quantitative estimate of drug-likeness (QED) is 0.410. The minimum absolute atomic E-state index is 0. The van der Waals surface area contributed by atoms with Crippen LogP contribution in [0.3, 0.4) is 0 Å². The third-order valence-corrected chi connectivity index (χ3v) is 5.61. The van der Waals surface area contributed by atoms with E-state index in [4.69, 9.17) is 28.9 Å². The number of nitrogens with two attached hydrogens (primary N) is 1. The normalized spacial score (nSPS) is 24.8. The van der Waals surface area contributed by atoms with Crippen molar-refractivity contribution in [2.75, 3.05) is 31.1 Å². The van der Waals surface area contributed by atoms with Gasteiger partial charge in [0, 0.05) is 41.2 Å². The van der Waals surface area contributed by atoms with Gasteiger partial charge in [-0.15, -0.1) is 24.0 Å². The van der Waals surface area contributed by atoms with Gasteiger partial charge in [0.1, 0.15) is 0 Å². The molecule has 1 aliphatic carbocycles. The second-order valence-corrected chi connectivity index (χ2v) is 7.63. The molecule has 2 N–H and O–H groups in total. The number of hydrogen-bond acceptors (Lipinski definition) is 2. The maximum Gasteiger partial charge on any atom is 0.191 e. The zero-order valence-corrected chi connectivity index (χ0v) is 16.8. The first-order valence-electron chi connectivity index (χ1n) is 7.22. The Morgan fingerprint density at radius 2 is 2.05 bits per heavy atom. The molecule has 1 saturated heterocycles. The lowest BCUT2D eigenvalue weighted by Crippen LogP contribution is -2.42. The molecule has 3 nitrogen and oxygen atoms in total. The van der Waals surface area contributed by atoms with Crippen LogP contribution in [0.2, 0.25) is 10.0 Å². The fraction of sp³-hybridized carbons (Fsp3) is 0.533. The standard InChI is InChI=1S/C15H19Cl2N3S.HI/c16-11-1-2-12(14(17)8-11)13-7-10(13)9-19-15(18)20-3-5-21-6-4-20;/h1-2,8,10,13H,3-7,9H2,(H2,18,19);1H. The maximum absolute atomic E-state index is 6.26. The fourth-order valence-corrected chi connectivity index (χ4v) is 4.19. The Balaban J connectivity index is 0.00000176. The number of hydrogen-bond donors (Lipinski definition) is 1. The summed E-state index contributed by atoms with van der Waals surface area (Å²) in [5.74, 6) is 4.04. The van der Waals surface area contributed by atoms with Crippen LogP contribution in [0, 0.1) is 5.92 Å². The predicted molar refractivity (Wildman–Crippen MR) is 108 cm³/mol. The highest BCUT2D eigenvalue weighted by atomic mass is 127. The molecule has 3 rings (SSSR count). The average Bonchev–Trinajstić information content (AvgIpc) is 3.25. The van der Waals surface area contributed by atoms with Gasteiger partial charge in [-0.25, -0.2) is 0 Å². The van der Waals surface area contributed by atoms with Crippen molar-refractivity contribution in [1.82, 2.24) is 4.90 Å². The van der Waals surface area contributed by atoms with Crippen molar-refractivity contribution in [2.24, 2.45) is 16.6 Å². The van der Waals surface area contributed by atoms with Crippen molar-refractivity contribution >= 4 is 64.9 Å². The van der Waals surface area contributed by atoms with Crippen molar-refractivity contribution in [2.45, 2.75) is 12.3 Å². The molecule has 0 spiro atoms. The molecule has 1 aliphatic heterocycles. The zero-order valence-electron chi connectivity index (χ0n) is 12.2. The molecule has 1 saturated carbocycles. The summed E-state index contributed by atoms with van der Waals surface area (Å²) in [7, 11) is 0. The molecule has 22 heavy (non-hydrogen) atoms. The van der Waals surface area contributed by atoms with E-state index in [1.807, 2.05) is 30.0 Å². The Morgan fingerprint density at radius 3 is 2.73 bits per heavy atom. The fourth-order valence-electron chi connectivity index (χ4n) is 2.74. The second kappa shape index (κ2) is 8.31. The summed E-state index contributed by atoms with van der Waals surface area (Å²) in [5, 5.41) is 1.45. The molecule has 2 atom stereocenters. The molecule has 1 heterocycles. The minimum Gasteiger partial charge on any atom is -0.370 e. The number of halogens is 3. The van der Waals surface area contributed by atoms with E-state index in [0.717, 1.165) is 42.6 Å². The van der Waals surface area contributed by atoms with Gasteiger partial charge in [-0.1, -0.05) is 29.3 Å². The number of nitrogens with zero attached hydrogens (tertiary/aromatic N) is 2. The van der Waals surface area contributed by atoms with E-state index in [1.165, 1.54) is 5.56 Å². The monoisotopic (exact) mass is 471 g/mol. The summed E-state index contributed by atoms with van der Waals surface area (Å²) in [5.41, 5.74) is 7.27. The van der Waals surface area contributed by atoms with Gasteiger partial charge >= 0.3 is 0 Å². The van der Waals surface area contributed by atoms with Gasteiger partial charge < -0.3 is 10.6 Å². The van der Waals surface area contributed by atoms with E-state index in [9.17, 15) is 0 Å². The summed E-state index contributed by atoms with van der Waals surface area (Å²) in [6.45, 7) is 2.81. The Bertz CT molecular complexity index is 550. The number of benzene rings is 1. The summed E-state index contributed by atoms with van der Waals surface area (Å²) in [6.07, 6.45) is 1.13. The van der Waals surface area contributed by atoms with E-state index in [-0.39, 0.29) is 24.0 Å². The molecular weight excluding hydrogens is 452 g/mol. The molecular formula is C15H20Cl2IN3S. The molecule has 2 aliphatic rings. The number of rotatable bonds is 3. The Labute approximate surface area is 163 Å². The topological polar surface area (TPSA) is 41.6 Å². The SMILES string of the molecule is I.NC(=NCC1CC1c1ccc(Cl)cc1Cl)N1CCSCC1. The predicted octanol–water partition coefficient (Wildman–Crippen LogP) is 4.08. The van der Waals surface area contributed by atoms with Crippen molar-refractivity contribution in [3.05, 3.63) is 33.8 Å². The molecule has 0 aromatic heterocycles. The van der Waals surface area contributed by atoms with Crippen LogP contribution in [-0.4, -0.2) is 42.0 Å². The average molecular weight is 472 g/mol. The summed E-state index contributed by atoms with van der Waals surface area (Å²) < 4.78 is 0. The highest BCUT2D eigenvalue weighted by Crippen LogP contribution is 2.50. The van der Waals surface area contributed by atoms with Gasteiger partial charge in [-0.3, -0.25) is 4.99 Å². The van der Waals surface area contributed by atoms with Gasteiger partial charge in [-0.2, -0.15) is 11.8 Å². The van der Waals surface area contributed by atoms with E-state index in [2.05, 4.69) is 9.89 Å². The van der Waals surface area contributed by atoms with Crippen molar-refractivity contribution in [3.63, 3.8) is 0 Å². The molecule has 2 fully saturated rings. The molecule has 7 heteroatoms. The minimum atomic E-state index is 0. The number of thioether (sulfide) groups is 1. The van der Waals surface area contributed by atoms with E-state index >= 15 is 0 Å². The summed E-state index contributed by atoms with van der Waals surface area (Å²) in [6, 6.07) is 5.75. The van der Waals surface area contributed by atoms with Crippen LogP contribution in [0.4, 0.5) is 0 Å². The van der Waals surface area contributed by atoms with Crippen LogP contribution in [0.5, 0.6) is 0 Å². The van der Waals surface area contributed by atoms with Crippen LogP contribution < -0.4 is 5.73 Å². The number of aliphatic imine (C=N–C) groups is 1. The first-order valence-corrected chi connectivity index (χ1v) is 9.14. The lowest BCUT2D eigenvalue weighted by molar-refractivity contribution is 0.455. The van der Waals surface area contributed by atoms with Crippen LogP contribution in [0.25, 0.3) is 0 Å². The number of guanidine groups is 1. The lowest BCUT2D eigenvalue weighted by atomic mass is 10.1. The highest BCUT2D eigenvalue weighted by molar-refractivity contribution is 14.0. The lowest BCUT2D eigenvalue weighted by Gasteiger charge is -2.27. The molecule has 0 amide bonds. The highest BCUT2D eigenvalue weighted by Gasteiger charge is 2.39. The van der Waals surface area contributed by atoms with Crippen molar-refractivity contribution < 1.29 is 0 Å².